The molecular formula is C38H32Sn2. The molecule has 0 unspecified atom stereocenters. The van der Waals surface area contributed by atoms with Gasteiger partial charge in [-0.05, 0) is 0 Å². The van der Waals surface area contributed by atoms with E-state index in [1.807, 2.05) is 0 Å². The quantitative estimate of drug-likeness (QED) is 0.195. The molecule has 6 aromatic carbocycles. The number of hydrogen-bond donors (Lipinski definition) is 0. The van der Waals surface area contributed by atoms with Crippen molar-refractivity contribution in [2.45, 2.75) is 0 Å². The van der Waals surface area contributed by atoms with Crippen molar-refractivity contribution >= 4 is 58.2 Å². The second-order valence-corrected chi connectivity index (χ2v) is 36.1. The Morgan fingerprint density at radius 2 is 0.425 bits per heavy atom. The summed E-state index contributed by atoms with van der Waals surface area (Å²) in [6.07, 6.45) is 0. The van der Waals surface area contributed by atoms with Gasteiger partial charge in [0.15, 0.2) is 0 Å². The predicted octanol–water partition coefficient (Wildman–Crippen LogP) is 4.96. The zero-order chi connectivity index (χ0) is 27.3. The van der Waals surface area contributed by atoms with Gasteiger partial charge in [0.1, 0.15) is 0 Å². The molecule has 0 fully saturated rings. The average molecular weight is 726 g/mol. The van der Waals surface area contributed by atoms with Gasteiger partial charge < -0.3 is 0 Å². The molecule has 0 heterocycles. The molecule has 0 aliphatic carbocycles. The van der Waals surface area contributed by atoms with Crippen LogP contribution in [0.5, 0.6) is 0 Å². The minimum absolute atomic E-state index is 1.45. The van der Waals surface area contributed by atoms with Crippen LogP contribution >= 0.6 is 0 Å². The first-order valence-electron chi connectivity index (χ1n) is 13.8. The summed E-state index contributed by atoms with van der Waals surface area (Å²) in [7, 11) is 0. The molecule has 0 nitrogen and oxygen atoms in total. The monoisotopic (exact) mass is 728 g/mol. The van der Waals surface area contributed by atoms with Gasteiger partial charge in [0.25, 0.3) is 0 Å². The van der Waals surface area contributed by atoms with Crippen LogP contribution in [0.1, 0.15) is 0 Å². The van der Waals surface area contributed by atoms with E-state index in [9.17, 15) is 0 Å². The topological polar surface area (TPSA) is 0 Å². The second kappa shape index (κ2) is 12.0. The molecule has 2 heteroatoms. The summed E-state index contributed by atoms with van der Waals surface area (Å²) in [4.78, 5) is 0. The van der Waals surface area contributed by atoms with Crippen LogP contribution in [0, 0.1) is 0 Å². The van der Waals surface area contributed by atoms with Gasteiger partial charge in [-0.15, -0.1) is 0 Å². The van der Waals surface area contributed by atoms with Crippen LogP contribution in [0.25, 0.3) is 0 Å². The Balaban J connectivity index is 1.82. The summed E-state index contributed by atoms with van der Waals surface area (Å²) in [5, 5.41) is 0. The van der Waals surface area contributed by atoms with Gasteiger partial charge in [0, 0.05) is 0 Å². The van der Waals surface area contributed by atoms with E-state index in [1.54, 1.807) is 0 Å². The van der Waals surface area contributed by atoms with Crippen molar-refractivity contribution in [3.63, 3.8) is 0 Å². The van der Waals surface area contributed by atoms with Crippen molar-refractivity contribution in [2.75, 3.05) is 0 Å². The van der Waals surface area contributed by atoms with E-state index in [2.05, 4.69) is 182 Å². The third kappa shape index (κ3) is 4.57. The Kier molecular flexibility index (Phi) is 8.08. The predicted molar refractivity (Wildman–Crippen MR) is 177 cm³/mol. The van der Waals surface area contributed by atoms with Gasteiger partial charge in [-0.2, -0.15) is 0 Å². The zero-order valence-corrected chi connectivity index (χ0v) is 28.2. The summed E-state index contributed by atoms with van der Waals surface area (Å²) >= 11 is -7.92. The van der Waals surface area contributed by atoms with Crippen molar-refractivity contribution in [2.24, 2.45) is 0 Å². The molecule has 40 heavy (non-hydrogen) atoms. The molecule has 0 saturated heterocycles. The second-order valence-electron chi connectivity index (χ2n) is 10.2. The summed E-state index contributed by atoms with van der Waals surface area (Å²) in [6.45, 7) is 5.34. The third-order valence-corrected chi connectivity index (χ3v) is 48.2. The average Bonchev–Trinajstić information content (AvgIpc) is 3.05. The van der Waals surface area contributed by atoms with E-state index in [1.165, 1.54) is 23.1 Å². The van der Waals surface area contributed by atoms with Crippen LogP contribution in [-0.4, -0.2) is 36.8 Å². The number of benzene rings is 6. The van der Waals surface area contributed by atoms with Gasteiger partial charge in [-0.25, -0.2) is 0 Å². The fourth-order valence-corrected chi connectivity index (χ4v) is 58.9. The number of hydrogen-bond acceptors (Lipinski definition) is 0. The molecule has 0 aromatic heterocycles. The first-order valence-corrected chi connectivity index (χ1v) is 25.2. The van der Waals surface area contributed by atoms with E-state index < -0.39 is 36.8 Å². The van der Waals surface area contributed by atoms with Gasteiger partial charge in [0.05, 0.1) is 0 Å². The molecule has 6 rings (SSSR count). The SMILES string of the molecule is C=[C]([Sn]([c]1ccccc1)([c]1ccccc1)[c]1ccccc1)[Sn]([c]1ccccc1)([c]1ccccc1)[c]1ccccc1. The molecule has 0 atom stereocenters. The third-order valence-electron chi connectivity index (χ3n) is 8.15. The first-order chi connectivity index (χ1) is 19.8. The first kappa shape index (κ1) is 26.9. The summed E-state index contributed by atoms with van der Waals surface area (Å²) < 4.78 is 10.2. The van der Waals surface area contributed by atoms with Crippen molar-refractivity contribution in [1.29, 1.82) is 0 Å². The summed E-state index contributed by atoms with van der Waals surface area (Å²) in [5.74, 6) is 0. The Labute approximate surface area is 246 Å². The molecule has 0 bridgehead atoms. The molecule has 0 saturated carbocycles. The van der Waals surface area contributed by atoms with Crippen LogP contribution in [0.3, 0.4) is 0 Å². The molecule has 0 aliphatic rings. The van der Waals surface area contributed by atoms with Gasteiger partial charge in [-0.1, -0.05) is 0 Å². The van der Waals surface area contributed by atoms with Crippen molar-refractivity contribution in [3.8, 4) is 0 Å². The number of rotatable bonds is 8. The molecule has 0 amide bonds. The fraction of sp³-hybridized carbons (Fsp3) is 0. The fourth-order valence-electron chi connectivity index (χ4n) is 6.46. The molecular weight excluding hydrogens is 694 g/mol. The summed E-state index contributed by atoms with van der Waals surface area (Å²) in [5.41, 5.74) is 0. The molecule has 0 aliphatic heterocycles. The van der Waals surface area contributed by atoms with Gasteiger partial charge >= 0.3 is 248 Å². The van der Waals surface area contributed by atoms with Crippen LogP contribution < -0.4 is 21.5 Å². The Morgan fingerprint density at radius 3 is 0.575 bits per heavy atom. The van der Waals surface area contributed by atoms with Gasteiger partial charge in [0.2, 0.25) is 0 Å². The summed E-state index contributed by atoms with van der Waals surface area (Å²) in [6, 6.07) is 67.9. The Morgan fingerprint density at radius 1 is 0.275 bits per heavy atom. The Hall–Kier alpha value is -3.34. The van der Waals surface area contributed by atoms with Crippen molar-refractivity contribution in [1.82, 2.24) is 0 Å². The molecule has 6 aromatic rings. The standard InChI is InChI=1S/6C6H5.C2H2.2Sn/c6*1-2-4-6-5-3-1;1-2;;/h6*1-5H;1H2;;. The van der Waals surface area contributed by atoms with E-state index in [4.69, 9.17) is 6.58 Å². The van der Waals surface area contributed by atoms with E-state index in [-0.39, 0.29) is 0 Å². The maximum absolute atomic E-state index is 5.34. The minimum atomic E-state index is -3.96. The Bertz CT molecular complexity index is 1340. The molecule has 192 valence electrons. The maximum atomic E-state index is 5.34. The van der Waals surface area contributed by atoms with Crippen molar-refractivity contribution < 1.29 is 0 Å². The normalized spacial score (nSPS) is 11.6. The molecule has 0 spiro atoms. The van der Waals surface area contributed by atoms with Crippen LogP contribution in [0.15, 0.2) is 190 Å². The zero-order valence-electron chi connectivity index (χ0n) is 22.5. The van der Waals surface area contributed by atoms with E-state index in [0.29, 0.717) is 0 Å². The van der Waals surface area contributed by atoms with E-state index >= 15 is 0 Å². The molecule has 0 N–H and O–H groups in total. The van der Waals surface area contributed by atoms with Crippen molar-refractivity contribution in [3.05, 3.63) is 190 Å². The van der Waals surface area contributed by atoms with Crippen LogP contribution in [0.4, 0.5) is 0 Å². The van der Waals surface area contributed by atoms with Gasteiger partial charge in [-0.3, -0.25) is 0 Å². The van der Waals surface area contributed by atoms with E-state index in [0.717, 1.165) is 0 Å². The van der Waals surface area contributed by atoms with Crippen LogP contribution in [0.2, 0.25) is 0 Å². The molecule has 0 radical (unpaired) electrons. The van der Waals surface area contributed by atoms with Crippen LogP contribution in [-0.2, 0) is 0 Å².